The Morgan fingerprint density at radius 3 is 2.65 bits per heavy atom. The fourth-order valence-electron chi connectivity index (χ4n) is 2.19. The first-order chi connectivity index (χ1) is 9.61. The number of hydrogen-bond acceptors (Lipinski definition) is 2. The van der Waals surface area contributed by atoms with Crippen molar-refractivity contribution in [2.75, 3.05) is 0 Å². The third-order valence-electron chi connectivity index (χ3n) is 3.48. The van der Waals surface area contributed by atoms with Crippen LogP contribution in [0.25, 0.3) is 0 Å². The smallest absolute Gasteiger partial charge is 0.310 e. The van der Waals surface area contributed by atoms with E-state index in [9.17, 15) is 4.79 Å². The van der Waals surface area contributed by atoms with E-state index in [0.717, 1.165) is 36.3 Å². The molecular weight excluding hydrogens is 252 g/mol. The van der Waals surface area contributed by atoms with Crippen LogP contribution >= 0.6 is 0 Å². The average Bonchev–Trinajstić information content (AvgIpc) is 2.86. The summed E-state index contributed by atoms with van der Waals surface area (Å²) in [5, 5.41) is 9.00. The summed E-state index contributed by atoms with van der Waals surface area (Å²) in [6.07, 6.45) is 5.86. The van der Waals surface area contributed by atoms with E-state index in [2.05, 4.69) is 16.5 Å². The molecule has 1 atom stereocenters. The van der Waals surface area contributed by atoms with Crippen LogP contribution in [0.15, 0.2) is 36.7 Å². The number of carbonyl (C=O) groups is 1. The van der Waals surface area contributed by atoms with E-state index in [0.29, 0.717) is 0 Å². The van der Waals surface area contributed by atoms with Gasteiger partial charge in [0.2, 0.25) is 0 Å². The number of carboxylic acids is 1. The fraction of sp³-hybridized carbons (Fsp3) is 0.375. The van der Waals surface area contributed by atoms with Crippen LogP contribution < -0.4 is 0 Å². The van der Waals surface area contributed by atoms with Crippen LogP contribution in [0.3, 0.4) is 0 Å². The first kappa shape index (κ1) is 14.3. The highest BCUT2D eigenvalue weighted by Gasteiger charge is 2.13. The van der Waals surface area contributed by atoms with Gasteiger partial charge in [0.15, 0.2) is 0 Å². The van der Waals surface area contributed by atoms with E-state index < -0.39 is 11.9 Å². The molecule has 0 fully saturated rings. The van der Waals surface area contributed by atoms with Gasteiger partial charge in [0.1, 0.15) is 5.82 Å². The molecule has 0 aliphatic heterocycles. The van der Waals surface area contributed by atoms with Crippen molar-refractivity contribution in [2.45, 2.75) is 39.2 Å². The zero-order valence-electron chi connectivity index (χ0n) is 11.9. The monoisotopic (exact) mass is 272 g/mol. The molecule has 0 saturated carbocycles. The molecule has 1 heterocycles. The molecule has 0 aliphatic carbocycles. The molecule has 2 rings (SSSR count). The number of hydrogen-bond donors (Lipinski definition) is 1. The highest BCUT2D eigenvalue weighted by Crippen LogP contribution is 2.17. The quantitative estimate of drug-likeness (QED) is 0.879. The molecule has 106 valence electrons. The van der Waals surface area contributed by atoms with Crippen LogP contribution in [-0.4, -0.2) is 20.6 Å². The van der Waals surface area contributed by atoms with Gasteiger partial charge in [-0.2, -0.15) is 0 Å². The van der Waals surface area contributed by atoms with Gasteiger partial charge in [-0.3, -0.25) is 4.79 Å². The zero-order chi connectivity index (χ0) is 14.5. The normalized spacial score (nSPS) is 12.3. The summed E-state index contributed by atoms with van der Waals surface area (Å²) in [4.78, 5) is 15.3. The molecule has 0 spiro atoms. The van der Waals surface area contributed by atoms with Crippen molar-refractivity contribution >= 4 is 5.97 Å². The van der Waals surface area contributed by atoms with Gasteiger partial charge in [-0.25, -0.2) is 4.98 Å². The Kier molecular flexibility index (Phi) is 4.56. The lowest BCUT2D eigenvalue weighted by molar-refractivity contribution is -0.138. The Hall–Kier alpha value is -2.10. The number of aromatic nitrogens is 2. The largest absolute Gasteiger partial charge is 0.481 e. The predicted octanol–water partition coefficient (Wildman–Crippen LogP) is 3.07. The van der Waals surface area contributed by atoms with Crippen LogP contribution in [0.5, 0.6) is 0 Å². The molecule has 2 aromatic rings. The molecule has 1 aromatic carbocycles. The summed E-state index contributed by atoms with van der Waals surface area (Å²) in [5.41, 5.74) is 1.99. The number of imidazole rings is 1. The second-order valence-corrected chi connectivity index (χ2v) is 5.02. The molecule has 4 nitrogen and oxygen atoms in total. The predicted molar refractivity (Wildman–Crippen MR) is 77.8 cm³/mol. The molecule has 20 heavy (non-hydrogen) atoms. The van der Waals surface area contributed by atoms with Crippen molar-refractivity contribution in [3.63, 3.8) is 0 Å². The molecule has 0 bridgehead atoms. The standard InChI is InChI=1S/C16H20N2O2/c1-3-4-15-17-9-10-18(15)11-13-5-7-14(8-6-13)12(2)16(19)20/h5-10,12H,3-4,11H2,1-2H3,(H,19,20). The van der Waals surface area contributed by atoms with Crippen LogP contribution in [0.1, 0.15) is 43.1 Å². The Balaban J connectivity index is 2.10. The summed E-state index contributed by atoms with van der Waals surface area (Å²) >= 11 is 0. The Morgan fingerprint density at radius 2 is 2.05 bits per heavy atom. The Morgan fingerprint density at radius 1 is 1.35 bits per heavy atom. The first-order valence-electron chi connectivity index (χ1n) is 6.93. The minimum atomic E-state index is -0.794. The van der Waals surface area contributed by atoms with Crippen LogP contribution in [0, 0.1) is 0 Å². The Labute approximate surface area is 119 Å². The average molecular weight is 272 g/mol. The van der Waals surface area contributed by atoms with Gasteiger partial charge < -0.3 is 9.67 Å². The SMILES string of the molecule is CCCc1nccn1Cc1ccc(C(C)C(=O)O)cc1. The second-order valence-electron chi connectivity index (χ2n) is 5.02. The van der Waals surface area contributed by atoms with Crippen LogP contribution in [0.2, 0.25) is 0 Å². The lowest BCUT2D eigenvalue weighted by Gasteiger charge is -2.10. The topological polar surface area (TPSA) is 55.1 Å². The van der Waals surface area contributed by atoms with Gasteiger partial charge in [0, 0.05) is 25.4 Å². The minimum Gasteiger partial charge on any atom is -0.481 e. The molecule has 1 aromatic heterocycles. The maximum atomic E-state index is 10.9. The lowest BCUT2D eigenvalue weighted by atomic mass is 10.00. The molecule has 0 radical (unpaired) electrons. The van der Waals surface area contributed by atoms with E-state index >= 15 is 0 Å². The van der Waals surface area contributed by atoms with E-state index in [1.165, 1.54) is 0 Å². The summed E-state index contributed by atoms with van der Waals surface area (Å²) in [5.74, 6) is -0.166. The first-order valence-corrected chi connectivity index (χ1v) is 6.93. The van der Waals surface area contributed by atoms with E-state index in [1.54, 1.807) is 6.92 Å². The molecule has 0 aliphatic rings. The highest BCUT2D eigenvalue weighted by molar-refractivity contribution is 5.75. The number of aryl methyl sites for hydroxylation is 1. The summed E-state index contributed by atoms with van der Waals surface area (Å²) in [6, 6.07) is 7.77. The number of nitrogens with zero attached hydrogens (tertiary/aromatic N) is 2. The van der Waals surface area contributed by atoms with Crippen molar-refractivity contribution in [3.8, 4) is 0 Å². The van der Waals surface area contributed by atoms with Crippen LogP contribution in [-0.2, 0) is 17.8 Å². The maximum absolute atomic E-state index is 10.9. The minimum absolute atomic E-state index is 0.465. The third-order valence-corrected chi connectivity index (χ3v) is 3.48. The van der Waals surface area contributed by atoms with E-state index in [1.807, 2.05) is 36.7 Å². The van der Waals surface area contributed by atoms with Crippen molar-refractivity contribution in [2.24, 2.45) is 0 Å². The number of aliphatic carboxylic acids is 1. The lowest BCUT2D eigenvalue weighted by Crippen LogP contribution is -2.08. The molecule has 0 saturated heterocycles. The van der Waals surface area contributed by atoms with Crippen molar-refractivity contribution in [1.29, 1.82) is 0 Å². The number of carboxylic acid groups (broad SMARTS) is 1. The van der Waals surface area contributed by atoms with Crippen molar-refractivity contribution in [1.82, 2.24) is 9.55 Å². The van der Waals surface area contributed by atoms with Gasteiger partial charge in [-0.05, 0) is 24.5 Å². The third kappa shape index (κ3) is 3.26. The molecule has 1 unspecified atom stereocenters. The Bertz CT molecular complexity index is 572. The number of rotatable bonds is 6. The molecular formula is C16H20N2O2. The van der Waals surface area contributed by atoms with Gasteiger partial charge in [-0.1, -0.05) is 31.2 Å². The number of benzene rings is 1. The van der Waals surface area contributed by atoms with Crippen LogP contribution in [0.4, 0.5) is 0 Å². The van der Waals surface area contributed by atoms with Crippen molar-refractivity contribution < 1.29 is 9.90 Å². The summed E-state index contributed by atoms with van der Waals surface area (Å²) in [6.45, 7) is 4.62. The van der Waals surface area contributed by atoms with Gasteiger partial charge in [0.05, 0.1) is 5.92 Å². The van der Waals surface area contributed by atoms with Gasteiger partial charge in [0.25, 0.3) is 0 Å². The highest BCUT2D eigenvalue weighted by atomic mass is 16.4. The fourth-order valence-corrected chi connectivity index (χ4v) is 2.19. The van der Waals surface area contributed by atoms with E-state index in [-0.39, 0.29) is 0 Å². The van der Waals surface area contributed by atoms with Gasteiger partial charge >= 0.3 is 5.97 Å². The molecule has 1 N–H and O–H groups in total. The molecule has 4 heteroatoms. The summed E-state index contributed by atoms with van der Waals surface area (Å²) in [7, 11) is 0. The second kappa shape index (κ2) is 6.37. The maximum Gasteiger partial charge on any atom is 0.310 e. The van der Waals surface area contributed by atoms with Crippen molar-refractivity contribution in [3.05, 3.63) is 53.6 Å². The van der Waals surface area contributed by atoms with E-state index in [4.69, 9.17) is 5.11 Å². The summed E-state index contributed by atoms with van der Waals surface area (Å²) < 4.78 is 2.14. The van der Waals surface area contributed by atoms with Gasteiger partial charge in [-0.15, -0.1) is 0 Å². The zero-order valence-corrected chi connectivity index (χ0v) is 11.9. The molecule has 0 amide bonds.